The molecule has 2 heteroatoms. The van der Waals surface area contributed by atoms with Gasteiger partial charge >= 0.3 is 5.97 Å². The first kappa shape index (κ1) is 9.30. The Morgan fingerprint density at radius 3 is 2.50 bits per heavy atom. The molecule has 1 aliphatic carbocycles. The molecule has 68 valence electrons. The maximum atomic E-state index is 11.4. The first-order valence-electron chi connectivity index (χ1n) is 4.26. The molecule has 1 fully saturated rings. The normalized spacial score (nSPS) is 33.8. The zero-order valence-corrected chi connectivity index (χ0v) is 8.02. The van der Waals surface area contributed by atoms with Crippen LogP contribution in [0.5, 0.6) is 0 Å². The molecule has 2 atom stereocenters. The first-order chi connectivity index (χ1) is 5.52. The van der Waals surface area contributed by atoms with Crippen molar-refractivity contribution in [3.8, 4) is 0 Å². The monoisotopic (exact) mass is 168 g/mol. The van der Waals surface area contributed by atoms with Gasteiger partial charge < -0.3 is 4.74 Å². The molecule has 1 rings (SSSR count). The van der Waals surface area contributed by atoms with Gasteiger partial charge in [0.05, 0.1) is 12.5 Å². The predicted octanol–water partition coefficient (Wildman–Crippen LogP) is 2.15. The Hall–Kier alpha value is -0.790. The number of allylic oxidation sites excluding steroid dienone is 1. The highest BCUT2D eigenvalue weighted by molar-refractivity contribution is 5.78. The SMILES string of the molecule is C=C(C)[C@@H]1CC[C@@]1(C)C(=O)OC. The maximum Gasteiger partial charge on any atom is 0.312 e. The minimum atomic E-state index is -0.291. The van der Waals surface area contributed by atoms with E-state index in [1.165, 1.54) is 7.11 Å². The summed E-state index contributed by atoms with van der Waals surface area (Å²) >= 11 is 0. The quantitative estimate of drug-likeness (QED) is 0.466. The van der Waals surface area contributed by atoms with Crippen molar-refractivity contribution < 1.29 is 9.53 Å². The Bertz CT molecular complexity index is 220. The number of esters is 1. The molecule has 1 aliphatic rings. The molecular formula is C10H16O2. The van der Waals surface area contributed by atoms with Crippen LogP contribution < -0.4 is 0 Å². The standard InChI is InChI=1S/C10H16O2/c1-7(2)8-5-6-10(8,3)9(11)12-4/h8H,1,5-6H2,2-4H3/t8-,10+/m0/s1. The molecule has 0 aromatic rings. The van der Waals surface area contributed by atoms with Crippen LogP contribution in [-0.4, -0.2) is 13.1 Å². The van der Waals surface area contributed by atoms with Crippen LogP contribution >= 0.6 is 0 Å². The van der Waals surface area contributed by atoms with Crippen LogP contribution in [-0.2, 0) is 9.53 Å². The fourth-order valence-electron chi connectivity index (χ4n) is 1.99. The fraction of sp³-hybridized carbons (Fsp3) is 0.700. The number of rotatable bonds is 2. The molecule has 0 radical (unpaired) electrons. The Labute approximate surface area is 73.6 Å². The van der Waals surface area contributed by atoms with Gasteiger partial charge in [-0.05, 0) is 32.6 Å². The molecule has 2 nitrogen and oxygen atoms in total. The third-order valence-corrected chi connectivity index (χ3v) is 2.97. The topological polar surface area (TPSA) is 26.3 Å². The Kier molecular flexibility index (Phi) is 2.27. The number of hydrogen-bond acceptors (Lipinski definition) is 2. The van der Waals surface area contributed by atoms with Crippen LogP contribution in [0, 0.1) is 11.3 Å². The van der Waals surface area contributed by atoms with Crippen molar-refractivity contribution in [1.82, 2.24) is 0 Å². The summed E-state index contributed by atoms with van der Waals surface area (Å²) in [6.07, 6.45) is 2.00. The Morgan fingerprint density at radius 2 is 2.25 bits per heavy atom. The van der Waals surface area contributed by atoms with Crippen molar-refractivity contribution in [2.24, 2.45) is 11.3 Å². The minimum absolute atomic E-state index is 0.0956. The lowest BCUT2D eigenvalue weighted by atomic mass is 9.59. The first-order valence-corrected chi connectivity index (χ1v) is 4.26. The van der Waals surface area contributed by atoms with Gasteiger partial charge in [-0.2, -0.15) is 0 Å². The summed E-state index contributed by atoms with van der Waals surface area (Å²) in [5.41, 5.74) is 0.801. The molecule has 0 amide bonds. The molecule has 0 aromatic carbocycles. The van der Waals surface area contributed by atoms with E-state index in [-0.39, 0.29) is 11.4 Å². The highest BCUT2D eigenvalue weighted by Crippen LogP contribution is 2.50. The van der Waals surface area contributed by atoms with Crippen LogP contribution in [0.25, 0.3) is 0 Å². The van der Waals surface area contributed by atoms with Gasteiger partial charge in [-0.1, -0.05) is 12.2 Å². The smallest absolute Gasteiger partial charge is 0.312 e. The highest BCUT2D eigenvalue weighted by atomic mass is 16.5. The lowest BCUT2D eigenvalue weighted by molar-refractivity contribution is -0.161. The molecule has 1 saturated carbocycles. The van der Waals surface area contributed by atoms with E-state index >= 15 is 0 Å². The second kappa shape index (κ2) is 2.92. The number of carbonyl (C=O) groups excluding carboxylic acids is 1. The van der Waals surface area contributed by atoms with E-state index in [9.17, 15) is 4.79 Å². The lowest BCUT2D eigenvalue weighted by Crippen LogP contribution is -2.45. The molecule has 12 heavy (non-hydrogen) atoms. The van der Waals surface area contributed by atoms with Gasteiger partial charge in [0.2, 0.25) is 0 Å². The lowest BCUT2D eigenvalue weighted by Gasteiger charge is -2.44. The van der Waals surface area contributed by atoms with E-state index < -0.39 is 0 Å². The van der Waals surface area contributed by atoms with Crippen molar-refractivity contribution in [2.75, 3.05) is 7.11 Å². The van der Waals surface area contributed by atoms with Gasteiger partial charge in [0.1, 0.15) is 0 Å². The summed E-state index contributed by atoms with van der Waals surface area (Å²) in [7, 11) is 1.45. The van der Waals surface area contributed by atoms with E-state index in [2.05, 4.69) is 6.58 Å². The van der Waals surface area contributed by atoms with E-state index in [0.29, 0.717) is 5.92 Å². The third kappa shape index (κ3) is 1.15. The molecule has 0 aromatic heterocycles. The van der Waals surface area contributed by atoms with Crippen molar-refractivity contribution >= 4 is 5.97 Å². The molecule has 0 saturated heterocycles. The van der Waals surface area contributed by atoms with Crippen LogP contribution in [0.3, 0.4) is 0 Å². The molecule has 0 heterocycles. The number of ether oxygens (including phenoxy) is 1. The Morgan fingerprint density at radius 1 is 1.67 bits per heavy atom. The number of carbonyl (C=O) groups is 1. The Balaban J connectivity index is 2.73. The minimum Gasteiger partial charge on any atom is -0.469 e. The number of methoxy groups -OCH3 is 1. The average molecular weight is 168 g/mol. The van der Waals surface area contributed by atoms with Crippen LogP contribution in [0.15, 0.2) is 12.2 Å². The third-order valence-electron chi connectivity index (χ3n) is 2.97. The summed E-state index contributed by atoms with van der Waals surface area (Å²) in [5, 5.41) is 0. The predicted molar refractivity (Wildman–Crippen MR) is 47.7 cm³/mol. The zero-order valence-electron chi connectivity index (χ0n) is 8.02. The van der Waals surface area contributed by atoms with Gasteiger partial charge in [-0.25, -0.2) is 0 Å². The second-order valence-electron chi connectivity index (χ2n) is 3.85. The molecular weight excluding hydrogens is 152 g/mol. The average Bonchev–Trinajstić information content (AvgIpc) is 1.98. The van der Waals surface area contributed by atoms with Crippen molar-refractivity contribution in [3.63, 3.8) is 0 Å². The summed E-state index contributed by atoms with van der Waals surface area (Å²) in [4.78, 5) is 11.4. The summed E-state index contributed by atoms with van der Waals surface area (Å²) < 4.78 is 4.76. The fourth-order valence-corrected chi connectivity index (χ4v) is 1.99. The van der Waals surface area contributed by atoms with Crippen LogP contribution in [0.4, 0.5) is 0 Å². The molecule has 0 bridgehead atoms. The summed E-state index contributed by atoms with van der Waals surface area (Å²) in [6.45, 7) is 7.82. The van der Waals surface area contributed by atoms with E-state index in [0.717, 1.165) is 18.4 Å². The van der Waals surface area contributed by atoms with Crippen molar-refractivity contribution in [2.45, 2.75) is 26.7 Å². The van der Waals surface area contributed by atoms with Gasteiger partial charge in [0, 0.05) is 0 Å². The molecule has 0 aliphatic heterocycles. The van der Waals surface area contributed by atoms with Gasteiger partial charge in [0.25, 0.3) is 0 Å². The number of hydrogen-bond donors (Lipinski definition) is 0. The highest BCUT2D eigenvalue weighted by Gasteiger charge is 2.49. The van der Waals surface area contributed by atoms with Crippen molar-refractivity contribution in [1.29, 1.82) is 0 Å². The maximum absolute atomic E-state index is 11.4. The van der Waals surface area contributed by atoms with E-state index in [1.807, 2.05) is 13.8 Å². The van der Waals surface area contributed by atoms with Gasteiger partial charge in [-0.15, -0.1) is 0 Å². The summed E-state index contributed by atoms with van der Waals surface area (Å²) in [5.74, 6) is 0.228. The largest absolute Gasteiger partial charge is 0.469 e. The van der Waals surface area contributed by atoms with E-state index in [1.54, 1.807) is 0 Å². The summed E-state index contributed by atoms with van der Waals surface area (Å²) in [6, 6.07) is 0. The zero-order chi connectivity index (χ0) is 9.35. The van der Waals surface area contributed by atoms with Crippen molar-refractivity contribution in [3.05, 3.63) is 12.2 Å². The molecule has 0 spiro atoms. The van der Waals surface area contributed by atoms with Gasteiger partial charge in [0.15, 0.2) is 0 Å². The van der Waals surface area contributed by atoms with E-state index in [4.69, 9.17) is 4.74 Å². The van der Waals surface area contributed by atoms with Gasteiger partial charge in [-0.3, -0.25) is 4.79 Å². The molecule has 0 unspecified atom stereocenters. The van der Waals surface area contributed by atoms with Crippen LogP contribution in [0.1, 0.15) is 26.7 Å². The second-order valence-corrected chi connectivity index (χ2v) is 3.85. The van der Waals surface area contributed by atoms with Crippen LogP contribution in [0.2, 0.25) is 0 Å². The molecule has 0 N–H and O–H groups in total.